The summed E-state index contributed by atoms with van der Waals surface area (Å²) in [5, 5.41) is 8.42. The van der Waals surface area contributed by atoms with Gasteiger partial charge in [-0.2, -0.15) is 5.10 Å². The van der Waals surface area contributed by atoms with Crippen LogP contribution in [0.4, 0.5) is 0 Å². The van der Waals surface area contributed by atoms with Crippen molar-refractivity contribution in [1.82, 2.24) is 15.1 Å². The standard InChI is InChI=1S/C13H16ClN3O/c1-17-13(18-2)7-11(16-17)9-15-8-10-5-3-4-6-12(10)14/h3-7,15H,8-9H2,1-2H3. The van der Waals surface area contributed by atoms with Crippen LogP contribution < -0.4 is 10.1 Å². The lowest BCUT2D eigenvalue weighted by Gasteiger charge is -2.04. The predicted molar refractivity (Wildman–Crippen MR) is 71.8 cm³/mol. The van der Waals surface area contributed by atoms with E-state index in [2.05, 4.69) is 10.4 Å². The Labute approximate surface area is 112 Å². The quantitative estimate of drug-likeness (QED) is 0.902. The first kappa shape index (κ1) is 12.9. The van der Waals surface area contributed by atoms with Crippen LogP contribution in [0.15, 0.2) is 30.3 Å². The minimum absolute atomic E-state index is 0.683. The molecule has 0 aliphatic rings. The molecular weight excluding hydrogens is 250 g/mol. The van der Waals surface area contributed by atoms with Crippen molar-refractivity contribution in [3.8, 4) is 5.88 Å². The fourth-order valence-electron chi connectivity index (χ4n) is 1.75. The monoisotopic (exact) mass is 265 g/mol. The fourth-order valence-corrected chi connectivity index (χ4v) is 1.95. The molecule has 0 unspecified atom stereocenters. The molecule has 0 amide bonds. The van der Waals surface area contributed by atoms with Crippen molar-refractivity contribution >= 4 is 11.6 Å². The third-order valence-electron chi connectivity index (χ3n) is 2.68. The molecule has 2 rings (SSSR count). The summed E-state index contributed by atoms with van der Waals surface area (Å²) >= 11 is 6.08. The molecule has 1 aromatic carbocycles. The van der Waals surface area contributed by atoms with Gasteiger partial charge < -0.3 is 10.1 Å². The number of aryl methyl sites for hydroxylation is 1. The van der Waals surface area contributed by atoms with Crippen LogP contribution in [0.1, 0.15) is 11.3 Å². The molecule has 0 radical (unpaired) electrons. The third-order valence-corrected chi connectivity index (χ3v) is 3.04. The van der Waals surface area contributed by atoms with Crippen LogP contribution >= 0.6 is 11.6 Å². The first-order valence-electron chi connectivity index (χ1n) is 5.71. The average Bonchev–Trinajstić information content (AvgIpc) is 2.72. The second-order valence-corrected chi connectivity index (χ2v) is 4.40. The summed E-state index contributed by atoms with van der Waals surface area (Å²) in [5.74, 6) is 0.754. The number of hydrogen-bond acceptors (Lipinski definition) is 3. The second kappa shape index (κ2) is 5.89. The van der Waals surface area contributed by atoms with Gasteiger partial charge in [0.25, 0.3) is 0 Å². The molecule has 1 aromatic heterocycles. The van der Waals surface area contributed by atoms with Crippen LogP contribution in [0.2, 0.25) is 5.02 Å². The van der Waals surface area contributed by atoms with E-state index in [0.717, 1.165) is 28.7 Å². The average molecular weight is 266 g/mol. The molecule has 0 spiro atoms. The summed E-state index contributed by atoms with van der Waals surface area (Å²) in [7, 11) is 3.49. The van der Waals surface area contributed by atoms with Gasteiger partial charge in [0.05, 0.1) is 12.8 Å². The summed E-state index contributed by atoms with van der Waals surface area (Å²) in [6, 6.07) is 9.72. The maximum absolute atomic E-state index is 6.08. The van der Waals surface area contributed by atoms with E-state index >= 15 is 0 Å². The summed E-state index contributed by atoms with van der Waals surface area (Å²) in [4.78, 5) is 0. The van der Waals surface area contributed by atoms with E-state index in [4.69, 9.17) is 16.3 Å². The number of benzene rings is 1. The van der Waals surface area contributed by atoms with Crippen LogP contribution in [0.25, 0.3) is 0 Å². The Morgan fingerprint density at radius 1 is 1.33 bits per heavy atom. The Balaban J connectivity index is 1.90. The zero-order valence-electron chi connectivity index (χ0n) is 10.5. The Kier molecular flexibility index (Phi) is 4.23. The molecule has 0 aliphatic heterocycles. The minimum Gasteiger partial charge on any atom is -0.481 e. The lowest BCUT2D eigenvalue weighted by atomic mass is 10.2. The number of ether oxygens (including phenoxy) is 1. The van der Waals surface area contributed by atoms with Gasteiger partial charge in [0.2, 0.25) is 5.88 Å². The topological polar surface area (TPSA) is 39.1 Å². The van der Waals surface area contributed by atoms with Gasteiger partial charge in [-0.3, -0.25) is 0 Å². The second-order valence-electron chi connectivity index (χ2n) is 4.00. The number of halogens is 1. The molecule has 4 nitrogen and oxygen atoms in total. The third kappa shape index (κ3) is 3.03. The van der Waals surface area contributed by atoms with Gasteiger partial charge in [0, 0.05) is 31.2 Å². The van der Waals surface area contributed by atoms with Crippen LogP contribution in [0.5, 0.6) is 5.88 Å². The smallest absolute Gasteiger partial charge is 0.211 e. The van der Waals surface area contributed by atoms with Gasteiger partial charge in [-0.25, -0.2) is 4.68 Å². The molecule has 0 saturated heterocycles. The molecule has 1 N–H and O–H groups in total. The van der Waals surface area contributed by atoms with Crippen molar-refractivity contribution in [2.75, 3.05) is 7.11 Å². The van der Waals surface area contributed by atoms with Gasteiger partial charge in [-0.1, -0.05) is 29.8 Å². The molecule has 0 atom stereocenters. The largest absolute Gasteiger partial charge is 0.481 e. The molecule has 96 valence electrons. The van der Waals surface area contributed by atoms with Crippen molar-refractivity contribution in [2.45, 2.75) is 13.1 Å². The number of hydrogen-bond donors (Lipinski definition) is 1. The number of rotatable bonds is 5. The van der Waals surface area contributed by atoms with E-state index in [9.17, 15) is 0 Å². The van der Waals surface area contributed by atoms with Crippen molar-refractivity contribution in [2.24, 2.45) is 7.05 Å². The molecular formula is C13H16ClN3O. The van der Waals surface area contributed by atoms with Gasteiger partial charge in [-0.05, 0) is 11.6 Å². The normalized spacial score (nSPS) is 10.6. The summed E-state index contributed by atoms with van der Waals surface area (Å²) in [5.41, 5.74) is 2.03. The van der Waals surface area contributed by atoms with E-state index in [0.29, 0.717) is 6.54 Å². The van der Waals surface area contributed by atoms with Crippen LogP contribution in [0.3, 0.4) is 0 Å². The highest BCUT2D eigenvalue weighted by atomic mass is 35.5. The highest BCUT2D eigenvalue weighted by Crippen LogP contribution is 2.15. The lowest BCUT2D eigenvalue weighted by molar-refractivity contribution is 0.373. The number of methoxy groups -OCH3 is 1. The van der Waals surface area contributed by atoms with E-state index in [-0.39, 0.29) is 0 Å². The zero-order chi connectivity index (χ0) is 13.0. The van der Waals surface area contributed by atoms with Crippen molar-refractivity contribution in [3.05, 3.63) is 46.6 Å². The van der Waals surface area contributed by atoms with Crippen molar-refractivity contribution in [3.63, 3.8) is 0 Å². The van der Waals surface area contributed by atoms with E-state index in [1.165, 1.54) is 0 Å². The molecule has 1 heterocycles. The number of aromatic nitrogens is 2. The highest BCUT2D eigenvalue weighted by Gasteiger charge is 2.04. The lowest BCUT2D eigenvalue weighted by Crippen LogP contribution is -2.13. The van der Waals surface area contributed by atoms with Gasteiger partial charge >= 0.3 is 0 Å². The first-order chi connectivity index (χ1) is 8.70. The maximum atomic E-state index is 6.08. The van der Waals surface area contributed by atoms with Crippen molar-refractivity contribution < 1.29 is 4.74 Å². The molecule has 0 bridgehead atoms. The Hall–Kier alpha value is -1.52. The first-order valence-corrected chi connectivity index (χ1v) is 6.09. The fraction of sp³-hybridized carbons (Fsp3) is 0.308. The number of nitrogens with one attached hydrogen (secondary N) is 1. The van der Waals surface area contributed by atoms with Crippen molar-refractivity contribution in [1.29, 1.82) is 0 Å². The number of nitrogens with zero attached hydrogens (tertiary/aromatic N) is 2. The Bertz CT molecular complexity index is 525. The van der Waals surface area contributed by atoms with Gasteiger partial charge in [-0.15, -0.1) is 0 Å². The van der Waals surface area contributed by atoms with Gasteiger partial charge in [0.15, 0.2) is 0 Å². The molecule has 18 heavy (non-hydrogen) atoms. The summed E-state index contributed by atoms with van der Waals surface area (Å²) in [6.07, 6.45) is 0. The van der Waals surface area contributed by atoms with Crippen LogP contribution in [0, 0.1) is 0 Å². The van der Waals surface area contributed by atoms with E-state index in [1.807, 2.05) is 37.4 Å². The Morgan fingerprint density at radius 2 is 2.11 bits per heavy atom. The molecule has 0 saturated carbocycles. The summed E-state index contributed by atoms with van der Waals surface area (Å²) in [6.45, 7) is 1.40. The maximum Gasteiger partial charge on any atom is 0.211 e. The predicted octanol–water partition coefficient (Wildman–Crippen LogP) is 2.37. The van der Waals surface area contributed by atoms with Crippen LogP contribution in [-0.4, -0.2) is 16.9 Å². The SMILES string of the molecule is COc1cc(CNCc2ccccc2Cl)nn1C. The molecule has 0 fully saturated rings. The van der Waals surface area contributed by atoms with Gasteiger partial charge in [0.1, 0.15) is 0 Å². The van der Waals surface area contributed by atoms with E-state index < -0.39 is 0 Å². The summed E-state index contributed by atoms with van der Waals surface area (Å²) < 4.78 is 6.88. The molecule has 0 aliphatic carbocycles. The Morgan fingerprint density at radius 3 is 2.78 bits per heavy atom. The van der Waals surface area contributed by atoms with Crippen LogP contribution in [-0.2, 0) is 20.1 Å². The molecule has 2 aromatic rings. The highest BCUT2D eigenvalue weighted by molar-refractivity contribution is 6.31. The zero-order valence-corrected chi connectivity index (χ0v) is 11.2. The molecule has 5 heteroatoms. The minimum atomic E-state index is 0.683. The van der Waals surface area contributed by atoms with E-state index in [1.54, 1.807) is 11.8 Å².